The molecule has 1 N–H and O–H groups in total. The van der Waals surface area contributed by atoms with E-state index in [0.717, 1.165) is 29.9 Å². The summed E-state index contributed by atoms with van der Waals surface area (Å²) in [6.07, 6.45) is 5.55. The molecule has 1 saturated heterocycles. The molecule has 0 saturated carbocycles. The molecule has 1 aliphatic heterocycles. The van der Waals surface area contributed by atoms with Crippen LogP contribution in [-0.2, 0) is 6.54 Å². The minimum absolute atomic E-state index is 0.465. The zero-order chi connectivity index (χ0) is 11.5. The molecule has 0 radical (unpaired) electrons. The van der Waals surface area contributed by atoms with Gasteiger partial charge in [-0.05, 0) is 47.7 Å². The molecule has 16 heavy (non-hydrogen) atoms. The van der Waals surface area contributed by atoms with Crippen LogP contribution >= 0.6 is 15.9 Å². The molecule has 0 aliphatic carbocycles. The second-order valence-electron chi connectivity index (χ2n) is 4.74. The normalized spacial score (nSPS) is 25.9. The first-order valence-corrected chi connectivity index (χ1v) is 6.96. The second kappa shape index (κ2) is 5.32. The van der Waals surface area contributed by atoms with E-state index in [4.69, 9.17) is 0 Å². The van der Waals surface area contributed by atoms with Crippen molar-refractivity contribution in [2.75, 3.05) is 6.54 Å². The summed E-state index contributed by atoms with van der Waals surface area (Å²) in [6.45, 7) is 6.65. The summed E-state index contributed by atoms with van der Waals surface area (Å²) in [7, 11) is 0. The van der Waals surface area contributed by atoms with Gasteiger partial charge in [-0.1, -0.05) is 13.8 Å². The maximum Gasteiger partial charge on any atom is 0.0695 e. The third-order valence-electron chi connectivity index (χ3n) is 3.26. The molecule has 0 spiro atoms. The highest BCUT2D eigenvalue weighted by Gasteiger charge is 2.24. The standard InChI is InChI=1S/C12H20BrN3/c1-3-6-16-12(10(13)8-15-16)11-7-9(2)4-5-14-11/h8-9,11,14H,3-7H2,1-2H3. The Balaban J connectivity index is 2.20. The number of aryl methyl sites for hydroxylation is 1. The van der Waals surface area contributed by atoms with Crippen LogP contribution in [0.2, 0.25) is 0 Å². The van der Waals surface area contributed by atoms with Gasteiger partial charge in [-0.15, -0.1) is 0 Å². The first-order valence-electron chi connectivity index (χ1n) is 6.17. The van der Waals surface area contributed by atoms with E-state index in [9.17, 15) is 0 Å². The molecule has 90 valence electrons. The van der Waals surface area contributed by atoms with Crippen molar-refractivity contribution in [3.8, 4) is 0 Å². The Kier molecular flexibility index (Phi) is 4.03. The highest BCUT2D eigenvalue weighted by molar-refractivity contribution is 9.10. The molecule has 1 aliphatic rings. The van der Waals surface area contributed by atoms with Crippen LogP contribution in [0, 0.1) is 5.92 Å². The molecular formula is C12H20BrN3. The third-order valence-corrected chi connectivity index (χ3v) is 3.88. The Morgan fingerprint density at radius 1 is 1.62 bits per heavy atom. The van der Waals surface area contributed by atoms with Gasteiger partial charge >= 0.3 is 0 Å². The Bertz CT molecular complexity index is 348. The number of piperidine rings is 1. The van der Waals surface area contributed by atoms with Crippen LogP contribution in [0.1, 0.15) is 44.8 Å². The summed E-state index contributed by atoms with van der Waals surface area (Å²) >= 11 is 3.62. The second-order valence-corrected chi connectivity index (χ2v) is 5.59. The smallest absolute Gasteiger partial charge is 0.0695 e. The Morgan fingerprint density at radius 2 is 2.44 bits per heavy atom. The van der Waals surface area contributed by atoms with Crippen LogP contribution in [0.25, 0.3) is 0 Å². The molecule has 2 unspecified atom stereocenters. The number of rotatable bonds is 3. The van der Waals surface area contributed by atoms with E-state index in [-0.39, 0.29) is 0 Å². The van der Waals surface area contributed by atoms with E-state index >= 15 is 0 Å². The van der Waals surface area contributed by atoms with Crippen LogP contribution in [0.15, 0.2) is 10.7 Å². The topological polar surface area (TPSA) is 29.9 Å². The lowest BCUT2D eigenvalue weighted by Gasteiger charge is -2.29. The number of hydrogen-bond acceptors (Lipinski definition) is 2. The summed E-state index contributed by atoms with van der Waals surface area (Å²) in [5.41, 5.74) is 1.33. The Morgan fingerprint density at radius 3 is 3.12 bits per heavy atom. The minimum Gasteiger partial charge on any atom is -0.309 e. The van der Waals surface area contributed by atoms with Crippen LogP contribution in [-0.4, -0.2) is 16.3 Å². The van der Waals surface area contributed by atoms with E-state index in [1.165, 1.54) is 18.5 Å². The van der Waals surface area contributed by atoms with E-state index in [2.05, 4.69) is 44.9 Å². The van der Waals surface area contributed by atoms with Crippen LogP contribution in [0.4, 0.5) is 0 Å². The molecule has 3 nitrogen and oxygen atoms in total. The first kappa shape index (κ1) is 12.1. The molecular weight excluding hydrogens is 266 g/mol. The van der Waals surface area contributed by atoms with E-state index in [1.54, 1.807) is 0 Å². The minimum atomic E-state index is 0.465. The lowest BCUT2D eigenvalue weighted by Crippen LogP contribution is -2.32. The van der Waals surface area contributed by atoms with Crippen molar-refractivity contribution in [2.45, 2.75) is 45.7 Å². The van der Waals surface area contributed by atoms with Gasteiger partial charge in [-0.3, -0.25) is 4.68 Å². The Labute approximate surface area is 106 Å². The van der Waals surface area contributed by atoms with Crippen molar-refractivity contribution >= 4 is 15.9 Å². The summed E-state index contributed by atoms with van der Waals surface area (Å²) in [5.74, 6) is 0.808. The number of nitrogens with one attached hydrogen (secondary N) is 1. The number of aromatic nitrogens is 2. The molecule has 2 heterocycles. The van der Waals surface area contributed by atoms with E-state index in [0.29, 0.717) is 6.04 Å². The van der Waals surface area contributed by atoms with Crippen molar-refractivity contribution in [1.82, 2.24) is 15.1 Å². The number of nitrogens with zero attached hydrogens (tertiary/aromatic N) is 2. The van der Waals surface area contributed by atoms with E-state index < -0.39 is 0 Å². The maximum atomic E-state index is 4.44. The summed E-state index contributed by atoms with van der Waals surface area (Å²) in [6, 6.07) is 0.465. The average molecular weight is 286 g/mol. The van der Waals surface area contributed by atoms with Crippen LogP contribution in [0.5, 0.6) is 0 Å². The van der Waals surface area contributed by atoms with Crippen molar-refractivity contribution in [3.63, 3.8) is 0 Å². The van der Waals surface area contributed by atoms with Gasteiger partial charge in [0.2, 0.25) is 0 Å². The van der Waals surface area contributed by atoms with Gasteiger partial charge in [0.1, 0.15) is 0 Å². The predicted molar refractivity (Wildman–Crippen MR) is 69.4 cm³/mol. The quantitative estimate of drug-likeness (QED) is 0.925. The van der Waals surface area contributed by atoms with Gasteiger partial charge in [0.25, 0.3) is 0 Å². The summed E-state index contributed by atoms with van der Waals surface area (Å²) in [5, 5.41) is 8.04. The van der Waals surface area contributed by atoms with Gasteiger partial charge in [0, 0.05) is 6.54 Å². The van der Waals surface area contributed by atoms with Crippen LogP contribution < -0.4 is 5.32 Å². The predicted octanol–water partition coefficient (Wildman–Crippen LogP) is 3.12. The third kappa shape index (κ3) is 2.48. The SMILES string of the molecule is CCCn1ncc(Br)c1C1CC(C)CCN1. The molecule has 0 aromatic carbocycles. The Hall–Kier alpha value is -0.350. The molecule has 1 fully saturated rings. The highest BCUT2D eigenvalue weighted by Crippen LogP contribution is 2.31. The lowest BCUT2D eigenvalue weighted by molar-refractivity contribution is 0.310. The molecule has 1 aromatic heterocycles. The van der Waals surface area contributed by atoms with Gasteiger partial charge < -0.3 is 5.32 Å². The molecule has 0 bridgehead atoms. The molecule has 0 amide bonds. The highest BCUT2D eigenvalue weighted by atomic mass is 79.9. The monoisotopic (exact) mass is 285 g/mol. The van der Waals surface area contributed by atoms with Crippen molar-refractivity contribution in [3.05, 3.63) is 16.4 Å². The molecule has 4 heteroatoms. The van der Waals surface area contributed by atoms with E-state index in [1.807, 2.05) is 6.20 Å². The van der Waals surface area contributed by atoms with Crippen LogP contribution in [0.3, 0.4) is 0 Å². The molecule has 2 rings (SSSR count). The molecule has 1 aromatic rings. The average Bonchev–Trinajstić information content (AvgIpc) is 2.60. The zero-order valence-corrected chi connectivity index (χ0v) is 11.6. The summed E-state index contributed by atoms with van der Waals surface area (Å²) in [4.78, 5) is 0. The number of hydrogen-bond donors (Lipinski definition) is 1. The molecule has 2 atom stereocenters. The first-order chi connectivity index (χ1) is 7.72. The van der Waals surface area contributed by atoms with Gasteiger partial charge in [0.05, 0.1) is 22.4 Å². The van der Waals surface area contributed by atoms with Crippen molar-refractivity contribution in [1.29, 1.82) is 0 Å². The largest absolute Gasteiger partial charge is 0.309 e. The van der Waals surface area contributed by atoms with Gasteiger partial charge in [0.15, 0.2) is 0 Å². The fourth-order valence-corrected chi connectivity index (χ4v) is 3.00. The lowest BCUT2D eigenvalue weighted by atomic mass is 9.92. The summed E-state index contributed by atoms with van der Waals surface area (Å²) < 4.78 is 3.28. The fourth-order valence-electron chi connectivity index (χ4n) is 2.42. The maximum absolute atomic E-state index is 4.44. The van der Waals surface area contributed by atoms with Crippen molar-refractivity contribution in [2.24, 2.45) is 5.92 Å². The fraction of sp³-hybridized carbons (Fsp3) is 0.750. The van der Waals surface area contributed by atoms with Crippen molar-refractivity contribution < 1.29 is 0 Å². The number of halogens is 1. The zero-order valence-electron chi connectivity index (χ0n) is 10.0. The van der Waals surface area contributed by atoms with Gasteiger partial charge in [-0.2, -0.15) is 5.10 Å². The van der Waals surface area contributed by atoms with Gasteiger partial charge in [-0.25, -0.2) is 0 Å².